The molecule has 0 aromatic heterocycles. The summed E-state index contributed by atoms with van der Waals surface area (Å²) < 4.78 is 260. The summed E-state index contributed by atoms with van der Waals surface area (Å²) in [7, 11) is 0. The Labute approximate surface area is 344 Å². The van der Waals surface area contributed by atoms with Crippen LogP contribution in [-0.4, -0.2) is 118 Å². The average Bonchev–Trinajstić information content (AvgIpc) is 2.93. The molecule has 0 aliphatic carbocycles. The fourth-order valence-electron chi connectivity index (χ4n) is 2.68. The first-order valence-electron chi connectivity index (χ1n) is 14.9. The van der Waals surface area contributed by atoms with Gasteiger partial charge in [0.05, 0.1) is 16.2 Å². The maximum Gasteiger partial charge on any atom is 0.460 e. The monoisotopic (exact) mass is 1060 g/mol. The Hall–Kier alpha value is -2.19. The van der Waals surface area contributed by atoms with Crippen LogP contribution in [0.1, 0.15) is 81.6 Å². The molecule has 0 amide bonds. The Morgan fingerprint density at radius 2 is 0.397 bits per heavy atom. The van der Waals surface area contributed by atoms with Gasteiger partial charge in [0.1, 0.15) is 0 Å². The smallest absolute Gasteiger partial charge is 0.282 e. The molecule has 0 atom stereocenters. The second kappa shape index (κ2) is 19.2. The molecule has 58 heavy (non-hydrogen) atoms. The van der Waals surface area contributed by atoms with Crippen molar-refractivity contribution in [3.05, 3.63) is 0 Å². The molecule has 28 heteroatoms. The molecule has 0 heterocycles. The fourth-order valence-corrected chi connectivity index (χ4v) is 2.68. The quantitative estimate of drug-likeness (QED) is 0.0799. The van der Waals surface area contributed by atoms with Gasteiger partial charge in [-0.15, -0.1) is 0 Å². The van der Waals surface area contributed by atoms with Crippen molar-refractivity contribution >= 4 is 34.7 Å². The topological polar surface area (TPSA) is 128 Å². The van der Waals surface area contributed by atoms with Gasteiger partial charge in [-0.25, -0.2) is 0 Å². The van der Waals surface area contributed by atoms with Crippen LogP contribution >= 0.6 is 0 Å². The maximum absolute atomic E-state index is 13.0. The number of halogens is 21. The Morgan fingerprint density at radius 1 is 0.276 bits per heavy atom. The zero-order valence-electron chi connectivity index (χ0n) is 31.0. The van der Waals surface area contributed by atoms with Crippen LogP contribution in [0, 0.1) is 54.0 Å². The summed E-state index contributed by atoms with van der Waals surface area (Å²) in [4.78, 5) is 54.2. The van der Waals surface area contributed by atoms with Gasteiger partial charge >= 0.3 is 88.8 Å². The number of alkyl halides is 21. The van der Waals surface area contributed by atoms with E-state index in [1.807, 2.05) is 0 Å². The summed E-state index contributed by atoms with van der Waals surface area (Å²) >= 11 is 0. The Bertz CT molecular complexity index is 1310. The van der Waals surface area contributed by atoms with Crippen molar-refractivity contribution in [2.75, 3.05) is 0 Å². The van der Waals surface area contributed by atoms with Gasteiger partial charge in [0.15, 0.2) is 19.3 Å². The van der Waals surface area contributed by atoms with Crippen molar-refractivity contribution in [3.63, 3.8) is 0 Å². The summed E-state index contributed by atoms with van der Waals surface area (Å²) in [5.74, 6) is -46.6. The summed E-state index contributed by atoms with van der Waals surface area (Å²) in [5, 5.41) is 0. The van der Waals surface area contributed by atoms with E-state index in [4.69, 9.17) is 14.4 Å². The molecule has 0 aromatic carbocycles. The average molecular weight is 1060 g/mol. The molecule has 0 unspecified atom stereocenters. The van der Waals surface area contributed by atoms with Gasteiger partial charge in [-0.3, -0.25) is 28.8 Å². The van der Waals surface area contributed by atoms with Gasteiger partial charge in [0.25, 0.3) is 0 Å². The predicted octanol–water partition coefficient (Wildman–Crippen LogP) is 10.0. The van der Waals surface area contributed by atoms with Gasteiger partial charge in [-0.05, 0) is 62.3 Å². The van der Waals surface area contributed by atoms with Crippen molar-refractivity contribution in [1.29, 1.82) is 0 Å². The number of hydrogen-bond acceptors (Lipinski definition) is 0. The van der Waals surface area contributed by atoms with Crippen molar-refractivity contribution in [2.24, 2.45) is 16.2 Å². The summed E-state index contributed by atoms with van der Waals surface area (Å²) in [5.41, 5.74) is -3.47. The van der Waals surface area contributed by atoms with Crippen molar-refractivity contribution in [1.82, 2.24) is 0 Å². The van der Waals surface area contributed by atoms with Gasteiger partial charge in [-0.2, -0.15) is 92.2 Å². The van der Waals surface area contributed by atoms with Crippen LogP contribution in [0.3, 0.4) is 0 Å². The normalized spacial score (nSPS) is 14.2. The third kappa shape index (κ3) is 15.1. The van der Waals surface area contributed by atoms with Crippen molar-refractivity contribution in [2.45, 2.75) is 136 Å². The van der Waals surface area contributed by atoms with E-state index in [9.17, 15) is 107 Å². The van der Waals surface area contributed by atoms with E-state index in [2.05, 4.69) is 0 Å². The minimum Gasteiger partial charge on any atom is -0.282 e. The first-order valence-corrected chi connectivity index (χ1v) is 14.9. The molecule has 0 aliphatic rings. The second-order valence-electron chi connectivity index (χ2n) is 14.9. The van der Waals surface area contributed by atoms with E-state index >= 15 is 0 Å². The van der Waals surface area contributed by atoms with E-state index in [-0.39, 0.29) is 37.7 Å². The predicted molar refractivity (Wildman–Crippen MR) is 162 cm³/mol. The summed E-state index contributed by atoms with van der Waals surface area (Å²) in [6.07, 6.45) is -24.0. The summed E-state index contributed by atoms with van der Waals surface area (Å²) in [6, 6.07) is 0. The van der Waals surface area contributed by atoms with Crippen LogP contribution in [0.25, 0.3) is 0 Å². The third-order valence-corrected chi connectivity index (χ3v) is 6.94. The minimum atomic E-state index is -6.53. The van der Waals surface area contributed by atoms with Crippen LogP contribution < -0.4 is 0 Å². The van der Waals surface area contributed by atoms with E-state index < -0.39 is 124 Å². The number of carbonyl (C=O) groups excluding carboxylic acids is 6. The Balaban J connectivity index is -0.000000374. The van der Waals surface area contributed by atoms with Gasteiger partial charge < -0.3 is 0 Å². The Morgan fingerprint density at radius 3 is 0.483 bits per heavy atom. The number of hydrogen-bond donors (Lipinski definition) is 0. The molecule has 0 aromatic rings. The molecule has 0 bridgehead atoms. The van der Waals surface area contributed by atoms with E-state index in [1.54, 1.807) is 0 Å². The van der Waals surface area contributed by atoms with Crippen molar-refractivity contribution in [3.8, 4) is 0 Å². The van der Waals surface area contributed by atoms with Crippen LogP contribution in [0.4, 0.5) is 92.2 Å². The number of rotatable bonds is 12. The van der Waals surface area contributed by atoms with Gasteiger partial charge in [0.2, 0.25) is 0 Å². The van der Waals surface area contributed by atoms with Gasteiger partial charge in [0, 0.05) is 37.7 Å². The van der Waals surface area contributed by atoms with Crippen molar-refractivity contribution < 1.29 is 159 Å². The zero-order chi connectivity index (χ0) is 47.6. The van der Waals surface area contributed by atoms with Gasteiger partial charge in [-0.1, -0.05) is 0 Å². The standard InChI is InChI=1S/3C10H11F7O2.Ho/c3*1-7(2,3)5(18)4-6(19)8(11,12)9(13,14)10(15,16)17;/h3*4H2,1-3H3;/p+6. The van der Waals surface area contributed by atoms with Crippen LogP contribution in [0.15, 0.2) is 0 Å². The SMILES string of the molecule is CC(C)(C)C(=[OH+])CC(=[OH+])C(F)(F)C(F)(F)C(F)(F)F.CC(C)(C)C(=[OH+])CC(=[OH+])C(F)(F)C(F)(F)C(F)(F)F.CC(C)(C)C(=[OH+])CC(=[OH+])C(F)(F)C(F)(F)C(F)(F)F.[Ho]. The molecule has 347 valence electrons. The van der Waals surface area contributed by atoms with E-state index in [0.29, 0.717) is 0 Å². The molecule has 0 fully saturated rings. The molecule has 0 saturated carbocycles. The molecule has 0 saturated heterocycles. The second-order valence-corrected chi connectivity index (χ2v) is 14.9. The fraction of sp³-hybridized carbons (Fsp3) is 0.800. The van der Waals surface area contributed by atoms with E-state index in [0.717, 1.165) is 0 Å². The van der Waals surface area contributed by atoms with Crippen LogP contribution in [0.2, 0.25) is 0 Å². The molecular weight excluding hydrogens is 1020 g/mol. The molecule has 6 nitrogen and oxygen atoms in total. The van der Waals surface area contributed by atoms with E-state index in [1.165, 1.54) is 62.3 Å². The molecule has 0 spiro atoms. The molecule has 1 radical (unpaired) electrons. The molecule has 0 rings (SSSR count). The molecule has 6 N–H and O–H groups in total. The van der Waals surface area contributed by atoms with Crippen LogP contribution in [0.5, 0.6) is 0 Å². The third-order valence-electron chi connectivity index (χ3n) is 6.94. The molecule has 0 aliphatic heterocycles. The largest absolute Gasteiger partial charge is 0.460 e. The Kier molecular flexibility index (Phi) is 20.7. The first-order chi connectivity index (χ1) is 24.1. The first kappa shape index (κ1) is 62.5. The number of ketones is 6. The zero-order valence-corrected chi connectivity index (χ0v) is 33.0. The maximum atomic E-state index is 13.0. The molecular formula is C30H39F21HoO6+6. The van der Waals surface area contributed by atoms with Crippen LogP contribution in [-0.2, 0) is 0 Å². The minimum absolute atomic E-state index is 0. The summed E-state index contributed by atoms with van der Waals surface area (Å²) in [6.45, 7) is 11.7.